The van der Waals surface area contributed by atoms with Crippen molar-refractivity contribution in [3.05, 3.63) is 32.6 Å². The number of rotatable bonds is 4. The average Bonchev–Trinajstić information content (AvgIpc) is 2.47. The molecule has 0 spiro atoms. The number of thioether (sulfide) groups is 1. The summed E-state index contributed by atoms with van der Waals surface area (Å²) in [6.07, 6.45) is 3.63. The Balaban J connectivity index is 2.92. The number of aryl methyl sites for hydroxylation is 2. The van der Waals surface area contributed by atoms with E-state index in [-0.39, 0.29) is 11.2 Å². The Hall–Kier alpha value is -1.56. The highest BCUT2D eigenvalue weighted by Gasteiger charge is 2.16. The van der Waals surface area contributed by atoms with Crippen molar-refractivity contribution in [1.82, 2.24) is 14.1 Å². The molecule has 2 aromatic heterocycles. The lowest BCUT2D eigenvalue weighted by Crippen LogP contribution is -2.37. The summed E-state index contributed by atoms with van der Waals surface area (Å²) in [5.74, 6) is 0.943. The van der Waals surface area contributed by atoms with Crippen LogP contribution in [0, 0.1) is 0 Å². The van der Waals surface area contributed by atoms with Crippen LogP contribution in [-0.2, 0) is 20.5 Å². The van der Waals surface area contributed by atoms with E-state index >= 15 is 0 Å². The first-order valence-corrected chi connectivity index (χ1v) is 7.71. The molecule has 20 heavy (non-hydrogen) atoms. The lowest BCUT2D eigenvalue weighted by atomic mass is 10.2. The van der Waals surface area contributed by atoms with E-state index < -0.39 is 0 Å². The van der Waals surface area contributed by atoms with Crippen LogP contribution in [0.5, 0.6) is 0 Å². The van der Waals surface area contributed by atoms with E-state index in [1.807, 2.05) is 6.92 Å². The monoisotopic (exact) mass is 293 g/mol. The van der Waals surface area contributed by atoms with Gasteiger partial charge in [-0.05, 0) is 24.2 Å². The number of fused-ring (bicyclic) bond motifs is 1. The highest BCUT2D eigenvalue weighted by molar-refractivity contribution is 7.99. The van der Waals surface area contributed by atoms with Crippen LogP contribution in [-0.4, -0.2) is 19.9 Å². The van der Waals surface area contributed by atoms with Gasteiger partial charge in [-0.2, -0.15) is 0 Å². The van der Waals surface area contributed by atoms with Gasteiger partial charge in [-0.1, -0.05) is 13.8 Å². The van der Waals surface area contributed by atoms with E-state index in [9.17, 15) is 9.59 Å². The molecule has 108 valence electrons. The van der Waals surface area contributed by atoms with Crippen molar-refractivity contribution >= 4 is 22.8 Å². The molecule has 6 heteroatoms. The van der Waals surface area contributed by atoms with Gasteiger partial charge in [-0.15, -0.1) is 11.8 Å². The van der Waals surface area contributed by atoms with Gasteiger partial charge in [-0.25, -0.2) is 9.78 Å². The minimum absolute atomic E-state index is 0.260. The Morgan fingerprint density at radius 3 is 2.50 bits per heavy atom. The van der Waals surface area contributed by atoms with Crippen molar-refractivity contribution in [1.29, 1.82) is 0 Å². The van der Waals surface area contributed by atoms with Crippen molar-refractivity contribution in [3.63, 3.8) is 0 Å². The van der Waals surface area contributed by atoms with Crippen molar-refractivity contribution < 1.29 is 0 Å². The van der Waals surface area contributed by atoms with Gasteiger partial charge in [0.05, 0.1) is 5.39 Å². The van der Waals surface area contributed by atoms with E-state index in [1.54, 1.807) is 25.0 Å². The normalized spacial score (nSPS) is 11.2. The molecule has 0 amide bonds. The summed E-state index contributed by atoms with van der Waals surface area (Å²) in [7, 11) is 3.16. The van der Waals surface area contributed by atoms with Gasteiger partial charge >= 0.3 is 5.69 Å². The third-order valence-electron chi connectivity index (χ3n) is 3.33. The fraction of sp³-hybridized carbons (Fsp3) is 0.500. The zero-order valence-electron chi connectivity index (χ0n) is 12.3. The van der Waals surface area contributed by atoms with Crippen LogP contribution < -0.4 is 11.2 Å². The summed E-state index contributed by atoms with van der Waals surface area (Å²) in [5.41, 5.74) is 0.927. The van der Waals surface area contributed by atoms with Gasteiger partial charge in [0.2, 0.25) is 0 Å². The molecule has 2 rings (SSSR count). The second-order valence-corrected chi connectivity index (χ2v) is 5.82. The summed E-state index contributed by atoms with van der Waals surface area (Å²) in [5, 5.41) is 0.562. The predicted octanol–water partition coefficient (Wildman–Crippen LogP) is 1.70. The first kappa shape index (κ1) is 14.8. The van der Waals surface area contributed by atoms with Crippen LogP contribution in [0.15, 0.2) is 20.7 Å². The Morgan fingerprint density at radius 1 is 1.20 bits per heavy atom. The third-order valence-corrected chi connectivity index (χ3v) is 4.69. The summed E-state index contributed by atoms with van der Waals surface area (Å²) >= 11 is 1.67. The molecule has 0 N–H and O–H groups in total. The van der Waals surface area contributed by atoms with Gasteiger partial charge < -0.3 is 0 Å². The molecule has 2 aromatic rings. The minimum atomic E-state index is -0.342. The third kappa shape index (κ3) is 2.28. The molecular weight excluding hydrogens is 274 g/mol. The van der Waals surface area contributed by atoms with E-state index in [0.29, 0.717) is 11.0 Å². The Kier molecular flexibility index (Phi) is 4.32. The van der Waals surface area contributed by atoms with Crippen molar-refractivity contribution in [3.8, 4) is 0 Å². The second-order valence-electron chi connectivity index (χ2n) is 4.72. The molecule has 0 aromatic carbocycles. The van der Waals surface area contributed by atoms with Gasteiger partial charge in [-0.3, -0.25) is 13.9 Å². The Labute approximate surface area is 121 Å². The molecule has 0 radical (unpaired) electrons. The average molecular weight is 293 g/mol. The summed E-state index contributed by atoms with van der Waals surface area (Å²) in [6, 6.07) is 0. The number of hydrogen-bond donors (Lipinski definition) is 0. The van der Waals surface area contributed by atoms with Crippen LogP contribution >= 0.6 is 11.8 Å². The highest BCUT2D eigenvalue weighted by Crippen LogP contribution is 2.28. The largest absolute Gasteiger partial charge is 0.332 e. The number of hydrogen-bond acceptors (Lipinski definition) is 4. The quantitative estimate of drug-likeness (QED) is 0.805. The number of aromatic nitrogens is 3. The van der Waals surface area contributed by atoms with Crippen LogP contribution in [0.25, 0.3) is 11.0 Å². The zero-order chi connectivity index (χ0) is 14.9. The molecule has 5 nitrogen and oxygen atoms in total. The topological polar surface area (TPSA) is 56.9 Å². The summed E-state index contributed by atoms with van der Waals surface area (Å²) in [6.45, 7) is 4.15. The molecule has 0 saturated carbocycles. The maximum Gasteiger partial charge on any atom is 0.332 e. The molecule has 0 atom stereocenters. The van der Waals surface area contributed by atoms with Crippen LogP contribution in [0.2, 0.25) is 0 Å². The van der Waals surface area contributed by atoms with Gasteiger partial charge in [0.1, 0.15) is 5.65 Å². The van der Waals surface area contributed by atoms with Crippen LogP contribution in [0.3, 0.4) is 0 Å². The molecule has 0 unspecified atom stereocenters. The van der Waals surface area contributed by atoms with E-state index in [4.69, 9.17) is 0 Å². The molecule has 0 aliphatic carbocycles. The Morgan fingerprint density at radius 2 is 1.90 bits per heavy atom. The highest BCUT2D eigenvalue weighted by atomic mass is 32.2. The van der Waals surface area contributed by atoms with E-state index in [0.717, 1.165) is 33.6 Å². The van der Waals surface area contributed by atoms with E-state index in [1.165, 1.54) is 11.6 Å². The number of pyridine rings is 1. The van der Waals surface area contributed by atoms with Crippen LogP contribution in [0.1, 0.15) is 25.8 Å². The van der Waals surface area contributed by atoms with Crippen molar-refractivity contribution in [2.45, 2.75) is 31.6 Å². The number of nitrogens with zero attached hydrogens (tertiary/aromatic N) is 3. The van der Waals surface area contributed by atoms with Gasteiger partial charge in [0, 0.05) is 25.2 Å². The van der Waals surface area contributed by atoms with Crippen LogP contribution in [0.4, 0.5) is 0 Å². The SMILES string of the molecule is CCCSc1c(CC)cnc2c1c(=O)n(C)c(=O)n2C. The minimum Gasteiger partial charge on any atom is -0.280 e. The van der Waals surface area contributed by atoms with Crippen molar-refractivity contribution in [2.75, 3.05) is 5.75 Å². The van der Waals surface area contributed by atoms with Crippen molar-refractivity contribution in [2.24, 2.45) is 14.1 Å². The second kappa shape index (κ2) is 5.83. The fourth-order valence-electron chi connectivity index (χ4n) is 2.16. The lowest BCUT2D eigenvalue weighted by Gasteiger charge is -2.13. The molecule has 2 heterocycles. The predicted molar refractivity (Wildman–Crippen MR) is 82.6 cm³/mol. The molecule has 0 fully saturated rings. The molecule has 0 saturated heterocycles. The zero-order valence-corrected chi connectivity index (χ0v) is 13.1. The fourth-order valence-corrected chi connectivity index (χ4v) is 3.28. The summed E-state index contributed by atoms with van der Waals surface area (Å²) < 4.78 is 2.59. The molecular formula is C14H19N3O2S. The van der Waals surface area contributed by atoms with E-state index in [2.05, 4.69) is 11.9 Å². The first-order valence-electron chi connectivity index (χ1n) is 6.73. The Bertz CT molecular complexity index is 762. The van der Waals surface area contributed by atoms with Gasteiger partial charge in [0.25, 0.3) is 5.56 Å². The standard InChI is InChI=1S/C14H19N3O2S/c1-5-7-20-11-9(6-2)8-15-12-10(11)13(18)17(4)14(19)16(12)3/h8H,5-7H2,1-4H3. The maximum absolute atomic E-state index is 12.4. The summed E-state index contributed by atoms with van der Waals surface area (Å²) in [4.78, 5) is 29.7. The van der Waals surface area contributed by atoms with Gasteiger partial charge in [0.15, 0.2) is 0 Å². The smallest absolute Gasteiger partial charge is 0.280 e. The molecule has 0 bridgehead atoms. The lowest BCUT2D eigenvalue weighted by molar-refractivity contribution is 0.705. The molecule has 0 aliphatic rings. The maximum atomic E-state index is 12.4. The molecule has 0 aliphatic heterocycles. The first-order chi connectivity index (χ1) is 9.52.